The summed E-state index contributed by atoms with van der Waals surface area (Å²) in [7, 11) is 7.79. The molecule has 0 aromatic heterocycles. The second kappa shape index (κ2) is 9.17. The van der Waals surface area contributed by atoms with Crippen LogP contribution in [0.2, 0.25) is 0 Å². The minimum absolute atomic E-state index is 0.220. The lowest BCUT2D eigenvalue weighted by atomic mass is 10.0. The van der Waals surface area contributed by atoms with Gasteiger partial charge in [0.2, 0.25) is 5.78 Å². The minimum Gasteiger partial charge on any atom is -0.351 e. The number of amides is 3. The highest BCUT2D eigenvalue weighted by Gasteiger charge is 2.42. The van der Waals surface area contributed by atoms with Crippen LogP contribution in [0.3, 0.4) is 0 Å². The van der Waals surface area contributed by atoms with Crippen LogP contribution in [-0.4, -0.2) is 86.8 Å². The molecule has 2 heterocycles. The molecule has 172 valence electrons. The van der Waals surface area contributed by atoms with Crippen LogP contribution in [0.4, 0.5) is 16.2 Å². The Morgan fingerprint density at radius 2 is 1.39 bits per heavy atom. The van der Waals surface area contributed by atoms with E-state index in [1.807, 2.05) is 50.1 Å². The Kier molecular flexibility index (Phi) is 6.31. The monoisotopic (exact) mass is 447 g/mol. The number of fused-ring (bicyclic) bond motifs is 2. The molecule has 2 aromatic rings. The summed E-state index contributed by atoms with van der Waals surface area (Å²) < 4.78 is 0. The molecule has 0 radical (unpaired) electrons. The molecule has 0 spiro atoms. The van der Waals surface area contributed by atoms with Gasteiger partial charge in [0.1, 0.15) is 5.70 Å². The number of likely N-dealkylation sites (N-methyl/N-ethyl adjacent to an activating group) is 2. The van der Waals surface area contributed by atoms with Gasteiger partial charge in [-0.3, -0.25) is 9.59 Å². The van der Waals surface area contributed by atoms with Crippen molar-refractivity contribution in [3.63, 3.8) is 0 Å². The van der Waals surface area contributed by atoms with Crippen molar-refractivity contribution in [3.05, 3.63) is 65.4 Å². The zero-order valence-corrected chi connectivity index (χ0v) is 19.5. The molecule has 0 bridgehead atoms. The Hall–Kier alpha value is -3.49. The van der Waals surface area contributed by atoms with Gasteiger partial charge in [-0.05, 0) is 46.4 Å². The quantitative estimate of drug-likeness (QED) is 0.686. The molecule has 8 heteroatoms. The largest absolute Gasteiger partial charge is 0.351 e. The van der Waals surface area contributed by atoms with E-state index < -0.39 is 5.91 Å². The van der Waals surface area contributed by atoms with Crippen molar-refractivity contribution in [2.75, 3.05) is 64.6 Å². The fraction of sp³-hybridized carbons (Fsp3) is 0.320. The van der Waals surface area contributed by atoms with Crippen LogP contribution in [0.1, 0.15) is 15.9 Å². The molecule has 0 aliphatic carbocycles. The molecular formula is C25H29N5O3. The summed E-state index contributed by atoms with van der Waals surface area (Å²) in [5.41, 5.74) is 2.73. The number of nitrogens with one attached hydrogen (secondary N) is 1. The molecule has 0 fully saturated rings. The van der Waals surface area contributed by atoms with Crippen LogP contribution in [0, 0.1) is 0 Å². The van der Waals surface area contributed by atoms with Crippen LogP contribution in [0.15, 0.2) is 54.2 Å². The zero-order chi connectivity index (χ0) is 23.7. The van der Waals surface area contributed by atoms with Crippen molar-refractivity contribution >= 4 is 34.7 Å². The predicted octanol–water partition coefficient (Wildman–Crippen LogP) is 2.60. The van der Waals surface area contributed by atoms with E-state index in [4.69, 9.17) is 0 Å². The van der Waals surface area contributed by atoms with E-state index in [9.17, 15) is 14.4 Å². The smallest absolute Gasteiger partial charge is 0.331 e. The lowest BCUT2D eigenvalue weighted by Gasteiger charge is -2.29. The van der Waals surface area contributed by atoms with Crippen molar-refractivity contribution in [1.29, 1.82) is 0 Å². The maximum atomic E-state index is 13.7. The van der Waals surface area contributed by atoms with Crippen LogP contribution in [0.25, 0.3) is 5.57 Å². The first-order chi connectivity index (χ1) is 15.8. The number of hydrogen-bond donors (Lipinski definition) is 1. The SMILES string of the molecule is CN(C)CCN(CCN(C)C)C(=O)N1C(=O)/C(=C2\Nc3ccccc3C2=O)c2ccccc21. The molecule has 3 amide bonds. The maximum absolute atomic E-state index is 13.7. The van der Waals surface area contributed by atoms with E-state index in [-0.39, 0.29) is 23.1 Å². The fourth-order valence-corrected chi connectivity index (χ4v) is 4.03. The summed E-state index contributed by atoms with van der Waals surface area (Å²) in [5.74, 6) is -0.723. The third-order valence-corrected chi connectivity index (χ3v) is 5.84. The molecule has 0 saturated carbocycles. The van der Waals surface area contributed by atoms with Gasteiger partial charge in [0, 0.05) is 43.0 Å². The third kappa shape index (κ3) is 4.27. The zero-order valence-electron chi connectivity index (χ0n) is 19.5. The average Bonchev–Trinajstić information content (AvgIpc) is 3.26. The summed E-state index contributed by atoms with van der Waals surface area (Å²) in [5, 5.41) is 3.11. The van der Waals surface area contributed by atoms with Crippen molar-refractivity contribution in [2.45, 2.75) is 0 Å². The van der Waals surface area contributed by atoms with Gasteiger partial charge >= 0.3 is 6.03 Å². The number of carbonyl (C=O) groups excluding carboxylic acids is 3. The Bertz CT molecular complexity index is 1130. The molecule has 2 aromatic carbocycles. The van der Waals surface area contributed by atoms with E-state index in [0.717, 1.165) is 0 Å². The second-order valence-corrected chi connectivity index (χ2v) is 8.78. The van der Waals surface area contributed by atoms with Crippen molar-refractivity contribution in [2.24, 2.45) is 0 Å². The Morgan fingerprint density at radius 3 is 2.00 bits per heavy atom. The highest BCUT2D eigenvalue weighted by molar-refractivity contribution is 6.44. The number of carbonyl (C=O) groups is 3. The Morgan fingerprint density at radius 1 is 0.818 bits per heavy atom. The molecule has 2 aliphatic heterocycles. The number of imide groups is 1. The van der Waals surface area contributed by atoms with Crippen molar-refractivity contribution < 1.29 is 14.4 Å². The van der Waals surface area contributed by atoms with E-state index in [1.54, 1.807) is 41.3 Å². The van der Waals surface area contributed by atoms with E-state index in [1.165, 1.54) is 4.90 Å². The molecular weight excluding hydrogens is 418 g/mol. The number of ketones is 1. The van der Waals surface area contributed by atoms with E-state index >= 15 is 0 Å². The molecule has 0 unspecified atom stereocenters. The van der Waals surface area contributed by atoms with Gasteiger partial charge in [-0.25, -0.2) is 9.69 Å². The molecule has 1 N–H and O–H groups in total. The van der Waals surface area contributed by atoms with Gasteiger partial charge in [0.25, 0.3) is 5.91 Å². The highest BCUT2D eigenvalue weighted by Crippen LogP contribution is 2.42. The maximum Gasteiger partial charge on any atom is 0.331 e. The van der Waals surface area contributed by atoms with Gasteiger partial charge in [-0.15, -0.1) is 0 Å². The summed E-state index contributed by atoms with van der Waals surface area (Å²) in [4.78, 5) is 47.4. The average molecular weight is 448 g/mol. The number of benzene rings is 2. The van der Waals surface area contributed by atoms with Gasteiger partial charge in [0.05, 0.1) is 11.3 Å². The lowest BCUT2D eigenvalue weighted by Crippen LogP contribution is -2.49. The molecule has 33 heavy (non-hydrogen) atoms. The summed E-state index contributed by atoms with van der Waals surface area (Å²) >= 11 is 0. The fourth-order valence-electron chi connectivity index (χ4n) is 4.03. The van der Waals surface area contributed by atoms with Crippen molar-refractivity contribution in [3.8, 4) is 0 Å². The first-order valence-electron chi connectivity index (χ1n) is 11.0. The predicted molar refractivity (Wildman–Crippen MR) is 129 cm³/mol. The number of rotatable bonds is 6. The Balaban J connectivity index is 1.72. The number of hydrogen-bond acceptors (Lipinski definition) is 6. The number of Topliss-reactive ketones (excluding diaryl/α,β-unsaturated/α-hetero) is 1. The molecule has 8 nitrogen and oxygen atoms in total. The number of para-hydroxylation sites is 2. The van der Waals surface area contributed by atoms with E-state index in [2.05, 4.69) is 5.32 Å². The summed E-state index contributed by atoms with van der Waals surface area (Å²) in [6.45, 7) is 2.32. The van der Waals surface area contributed by atoms with Crippen LogP contribution >= 0.6 is 0 Å². The normalized spacial score (nSPS) is 17.0. The minimum atomic E-state index is -0.482. The first kappa shape index (κ1) is 22.7. The van der Waals surface area contributed by atoms with E-state index in [0.29, 0.717) is 48.7 Å². The van der Waals surface area contributed by atoms with Gasteiger partial charge in [0.15, 0.2) is 0 Å². The molecule has 2 aliphatic rings. The number of anilines is 2. The molecule has 4 rings (SSSR count). The van der Waals surface area contributed by atoms with Gasteiger partial charge in [-0.1, -0.05) is 30.3 Å². The highest BCUT2D eigenvalue weighted by atomic mass is 16.2. The Labute approximate surface area is 194 Å². The molecule has 0 saturated heterocycles. The van der Waals surface area contributed by atoms with Gasteiger partial charge in [-0.2, -0.15) is 0 Å². The topological polar surface area (TPSA) is 76.2 Å². The van der Waals surface area contributed by atoms with Crippen LogP contribution in [0.5, 0.6) is 0 Å². The summed E-state index contributed by atoms with van der Waals surface area (Å²) in [6, 6.07) is 13.9. The standard InChI is InChI=1S/C25H29N5O3/c1-27(2)13-15-29(16-14-28(3)4)25(33)30-20-12-8-6-10-18(20)21(24(30)32)22-23(31)17-9-5-7-11-19(17)26-22/h5-12,26H,13-16H2,1-4H3/b22-21-. The molecule has 0 atom stereocenters. The summed E-state index contributed by atoms with van der Waals surface area (Å²) in [6.07, 6.45) is 0. The second-order valence-electron chi connectivity index (χ2n) is 8.78. The third-order valence-electron chi connectivity index (χ3n) is 5.84. The number of allylic oxidation sites excluding steroid dienone is 1. The van der Waals surface area contributed by atoms with Gasteiger partial charge < -0.3 is 20.0 Å². The van der Waals surface area contributed by atoms with Crippen LogP contribution < -0.4 is 10.2 Å². The van der Waals surface area contributed by atoms with Crippen molar-refractivity contribution in [1.82, 2.24) is 14.7 Å². The number of nitrogens with zero attached hydrogens (tertiary/aromatic N) is 4. The van der Waals surface area contributed by atoms with Crippen LogP contribution in [-0.2, 0) is 4.79 Å². The lowest BCUT2D eigenvalue weighted by molar-refractivity contribution is -0.112. The number of urea groups is 1. The first-order valence-corrected chi connectivity index (χ1v) is 11.0.